The number of carbonyl (C=O) groups excluding carboxylic acids is 1. The van der Waals surface area contributed by atoms with E-state index in [-0.39, 0.29) is 24.2 Å². The van der Waals surface area contributed by atoms with Crippen molar-refractivity contribution >= 4 is 5.91 Å². The first kappa shape index (κ1) is 12.6. The van der Waals surface area contributed by atoms with Gasteiger partial charge < -0.3 is 5.32 Å². The third-order valence-corrected chi connectivity index (χ3v) is 3.17. The van der Waals surface area contributed by atoms with Crippen LogP contribution in [0.4, 0.5) is 4.39 Å². The van der Waals surface area contributed by atoms with E-state index < -0.39 is 0 Å². The molecular weight excluding hydrogens is 229 g/mol. The van der Waals surface area contributed by atoms with Gasteiger partial charge in [-0.1, -0.05) is 36.8 Å². The minimum atomic E-state index is -0.327. The molecule has 94 valence electrons. The molecule has 1 aromatic carbocycles. The molecule has 18 heavy (non-hydrogen) atoms. The summed E-state index contributed by atoms with van der Waals surface area (Å²) in [7, 11) is 0. The molecule has 3 heteroatoms. The van der Waals surface area contributed by atoms with E-state index in [0.717, 1.165) is 25.7 Å². The number of nitrogens with one attached hydrogen (secondary N) is 1. The summed E-state index contributed by atoms with van der Waals surface area (Å²) in [6.45, 7) is 0.281. The molecular formula is C15H16FNO. The monoisotopic (exact) mass is 245 g/mol. The number of hydrogen-bond acceptors (Lipinski definition) is 1. The van der Waals surface area contributed by atoms with Crippen LogP contribution in [0.15, 0.2) is 24.3 Å². The van der Waals surface area contributed by atoms with E-state index in [1.807, 2.05) is 0 Å². The second-order valence-electron chi connectivity index (χ2n) is 4.48. The standard InChI is InChI=1S/C15H16FNO/c16-14-10-4-3-6-12(14)9-5-11-17-15(18)13-7-1-2-8-13/h3-4,6,10,13H,1-2,7-8,11H2,(H,17,18). The first-order valence-corrected chi connectivity index (χ1v) is 6.28. The van der Waals surface area contributed by atoms with Gasteiger partial charge in [-0.05, 0) is 25.0 Å². The van der Waals surface area contributed by atoms with Gasteiger partial charge in [0.1, 0.15) is 5.82 Å². The van der Waals surface area contributed by atoms with Gasteiger partial charge in [-0.25, -0.2) is 4.39 Å². The Morgan fingerprint density at radius 2 is 2.06 bits per heavy atom. The molecule has 0 atom stereocenters. The van der Waals surface area contributed by atoms with Gasteiger partial charge >= 0.3 is 0 Å². The zero-order chi connectivity index (χ0) is 12.8. The zero-order valence-corrected chi connectivity index (χ0v) is 10.2. The Balaban J connectivity index is 1.82. The van der Waals surface area contributed by atoms with Crippen LogP contribution < -0.4 is 5.32 Å². The van der Waals surface area contributed by atoms with Crippen LogP contribution in [0.5, 0.6) is 0 Å². The van der Waals surface area contributed by atoms with E-state index in [0.29, 0.717) is 5.56 Å². The maximum atomic E-state index is 13.2. The fourth-order valence-corrected chi connectivity index (χ4v) is 2.17. The average Bonchev–Trinajstić information content (AvgIpc) is 2.90. The van der Waals surface area contributed by atoms with E-state index in [4.69, 9.17) is 0 Å². The molecule has 1 aromatic rings. The topological polar surface area (TPSA) is 29.1 Å². The van der Waals surface area contributed by atoms with Crippen molar-refractivity contribution in [2.75, 3.05) is 6.54 Å². The van der Waals surface area contributed by atoms with Crippen LogP contribution in [-0.2, 0) is 4.79 Å². The van der Waals surface area contributed by atoms with Crippen molar-refractivity contribution < 1.29 is 9.18 Å². The van der Waals surface area contributed by atoms with Crippen LogP contribution in [0, 0.1) is 23.6 Å². The van der Waals surface area contributed by atoms with E-state index in [1.165, 1.54) is 6.07 Å². The van der Waals surface area contributed by atoms with E-state index in [2.05, 4.69) is 17.2 Å². The van der Waals surface area contributed by atoms with Gasteiger partial charge in [-0.3, -0.25) is 4.79 Å². The van der Waals surface area contributed by atoms with Gasteiger partial charge in [-0.2, -0.15) is 0 Å². The van der Waals surface area contributed by atoms with Crippen molar-refractivity contribution in [3.05, 3.63) is 35.6 Å². The Morgan fingerprint density at radius 1 is 1.33 bits per heavy atom. The first-order chi connectivity index (χ1) is 8.77. The van der Waals surface area contributed by atoms with Gasteiger partial charge in [0.05, 0.1) is 12.1 Å². The predicted octanol–water partition coefficient (Wildman–Crippen LogP) is 2.48. The van der Waals surface area contributed by atoms with Crippen LogP contribution in [0.25, 0.3) is 0 Å². The molecule has 2 rings (SSSR count). The lowest BCUT2D eigenvalue weighted by Crippen LogP contribution is -2.29. The third kappa shape index (κ3) is 3.33. The molecule has 0 aliphatic heterocycles. The Bertz CT molecular complexity index is 481. The lowest BCUT2D eigenvalue weighted by Gasteiger charge is -2.07. The normalized spacial score (nSPS) is 14.9. The van der Waals surface area contributed by atoms with Crippen molar-refractivity contribution in [3.63, 3.8) is 0 Å². The Kier molecular flexibility index (Phi) is 4.35. The number of halogens is 1. The van der Waals surface area contributed by atoms with Gasteiger partial charge in [0.15, 0.2) is 0 Å². The summed E-state index contributed by atoms with van der Waals surface area (Å²) < 4.78 is 13.2. The highest BCUT2D eigenvalue weighted by atomic mass is 19.1. The van der Waals surface area contributed by atoms with Crippen molar-refractivity contribution in [2.24, 2.45) is 5.92 Å². The number of rotatable bonds is 2. The molecule has 2 nitrogen and oxygen atoms in total. The van der Waals surface area contributed by atoms with Crippen molar-refractivity contribution in [2.45, 2.75) is 25.7 Å². The number of hydrogen-bond donors (Lipinski definition) is 1. The van der Waals surface area contributed by atoms with Crippen molar-refractivity contribution in [3.8, 4) is 11.8 Å². The molecule has 1 amide bonds. The zero-order valence-electron chi connectivity index (χ0n) is 10.2. The van der Waals surface area contributed by atoms with Crippen LogP contribution in [-0.4, -0.2) is 12.5 Å². The lowest BCUT2D eigenvalue weighted by molar-refractivity contribution is -0.124. The van der Waals surface area contributed by atoms with Gasteiger partial charge in [0, 0.05) is 5.92 Å². The summed E-state index contributed by atoms with van der Waals surface area (Å²) >= 11 is 0. The van der Waals surface area contributed by atoms with Gasteiger partial charge in [-0.15, -0.1) is 0 Å². The fraction of sp³-hybridized carbons (Fsp3) is 0.400. The highest BCUT2D eigenvalue weighted by molar-refractivity contribution is 5.79. The molecule has 0 heterocycles. The molecule has 1 aliphatic rings. The molecule has 0 unspecified atom stereocenters. The summed E-state index contributed by atoms with van der Waals surface area (Å²) in [4.78, 5) is 11.7. The number of benzene rings is 1. The summed E-state index contributed by atoms with van der Waals surface area (Å²) in [5.74, 6) is 5.40. The lowest BCUT2D eigenvalue weighted by atomic mass is 10.1. The molecule has 0 spiro atoms. The maximum Gasteiger partial charge on any atom is 0.223 e. The van der Waals surface area contributed by atoms with Crippen LogP contribution in [0.3, 0.4) is 0 Å². The SMILES string of the molecule is O=C(NCC#Cc1ccccc1F)C1CCCC1. The summed E-state index contributed by atoms with van der Waals surface area (Å²) in [6.07, 6.45) is 4.23. The quantitative estimate of drug-likeness (QED) is 0.797. The van der Waals surface area contributed by atoms with Crippen LogP contribution in [0.2, 0.25) is 0 Å². The van der Waals surface area contributed by atoms with E-state index >= 15 is 0 Å². The summed E-state index contributed by atoms with van der Waals surface area (Å²) in [5, 5.41) is 2.78. The molecule has 0 radical (unpaired) electrons. The van der Waals surface area contributed by atoms with Gasteiger partial charge in [0.25, 0.3) is 0 Å². The minimum absolute atomic E-state index is 0.0790. The molecule has 1 N–H and O–H groups in total. The highest BCUT2D eigenvalue weighted by Gasteiger charge is 2.21. The first-order valence-electron chi connectivity index (χ1n) is 6.28. The Hall–Kier alpha value is -1.82. The fourth-order valence-electron chi connectivity index (χ4n) is 2.17. The van der Waals surface area contributed by atoms with Crippen LogP contribution >= 0.6 is 0 Å². The van der Waals surface area contributed by atoms with Gasteiger partial charge in [0.2, 0.25) is 5.91 Å². The predicted molar refractivity (Wildman–Crippen MR) is 68.2 cm³/mol. The molecule has 1 saturated carbocycles. The Morgan fingerprint density at radius 3 is 2.78 bits per heavy atom. The summed E-state index contributed by atoms with van der Waals surface area (Å²) in [6, 6.07) is 6.37. The smallest absolute Gasteiger partial charge is 0.223 e. The number of carbonyl (C=O) groups is 1. The second-order valence-corrected chi connectivity index (χ2v) is 4.48. The maximum absolute atomic E-state index is 13.2. The second kappa shape index (κ2) is 6.20. The van der Waals surface area contributed by atoms with Crippen molar-refractivity contribution in [1.82, 2.24) is 5.32 Å². The molecule has 1 fully saturated rings. The molecule has 0 saturated heterocycles. The Labute approximate surface area is 107 Å². The molecule has 0 bridgehead atoms. The van der Waals surface area contributed by atoms with Crippen LogP contribution in [0.1, 0.15) is 31.2 Å². The average molecular weight is 245 g/mol. The molecule has 0 aromatic heterocycles. The molecule has 1 aliphatic carbocycles. The van der Waals surface area contributed by atoms with E-state index in [9.17, 15) is 9.18 Å². The number of amides is 1. The van der Waals surface area contributed by atoms with Crippen molar-refractivity contribution in [1.29, 1.82) is 0 Å². The summed E-state index contributed by atoms with van der Waals surface area (Å²) in [5.41, 5.74) is 0.368. The highest BCUT2D eigenvalue weighted by Crippen LogP contribution is 2.24. The van der Waals surface area contributed by atoms with E-state index in [1.54, 1.807) is 18.2 Å². The largest absolute Gasteiger partial charge is 0.345 e. The minimum Gasteiger partial charge on any atom is -0.345 e. The third-order valence-electron chi connectivity index (χ3n) is 3.17.